The van der Waals surface area contributed by atoms with Gasteiger partial charge in [-0.2, -0.15) is 0 Å². The third-order valence-electron chi connectivity index (χ3n) is 4.58. The zero-order valence-corrected chi connectivity index (χ0v) is 17.4. The van der Waals surface area contributed by atoms with Crippen molar-refractivity contribution in [3.05, 3.63) is 16.5 Å². The van der Waals surface area contributed by atoms with E-state index in [1.165, 1.54) is 7.11 Å². The molecule has 26 heavy (non-hydrogen) atoms. The highest BCUT2D eigenvalue weighted by Gasteiger charge is 2.30. The van der Waals surface area contributed by atoms with Gasteiger partial charge >= 0.3 is 12.1 Å². The van der Waals surface area contributed by atoms with Gasteiger partial charge in [-0.1, -0.05) is 0 Å². The first-order chi connectivity index (χ1) is 12.2. The molecular formula is C19H30N2O4S. The zero-order chi connectivity index (χ0) is 19.5. The number of amides is 1. The van der Waals surface area contributed by atoms with Crippen LogP contribution >= 0.6 is 11.3 Å². The van der Waals surface area contributed by atoms with Crippen molar-refractivity contribution in [2.24, 2.45) is 0 Å². The van der Waals surface area contributed by atoms with Crippen LogP contribution in [-0.4, -0.2) is 55.3 Å². The topological polar surface area (TPSA) is 59.1 Å². The quantitative estimate of drug-likeness (QED) is 0.735. The predicted octanol–water partition coefficient (Wildman–Crippen LogP) is 4.07. The highest BCUT2D eigenvalue weighted by Crippen LogP contribution is 2.34. The molecule has 6 nitrogen and oxygen atoms in total. The molecule has 0 aromatic carbocycles. The van der Waals surface area contributed by atoms with Gasteiger partial charge in [0, 0.05) is 31.1 Å². The Morgan fingerprint density at radius 2 is 1.92 bits per heavy atom. The summed E-state index contributed by atoms with van der Waals surface area (Å²) in [4.78, 5) is 28.2. The summed E-state index contributed by atoms with van der Waals surface area (Å²) in [5.74, 6) is -0.291. The molecule has 1 amide bonds. The Morgan fingerprint density at radius 1 is 1.31 bits per heavy atom. The number of rotatable bonds is 4. The third-order valence-corrected chi connectivity index (χ3v) is 5.69. The van der Waals surface area contributed by atoms with Crippen LogP contribution in [0, 0.1) is 6.92 Å². The molecule has 2 rings (SSSR count). The van der Waals surface area contributed by atoms with Gasteiger partial charge < -0.3 is 19.3 Å². The number of esters is 1. The van der Waals surface area contributed by atoms with Gasteiger partial charge in [-0.25, -0.2) is 9.59 Å². The molecule has 0 aliphatic carbocycles. The van der Waals surface area contributed by atoms with E-state index in [0.717, 1.165) is 30.0 Å². The Balaban J connectivity index is 2.04. The number of anilines is 1. The second-order valence-electron chi connectivity index (χ2n) is 7.56. The second kappa shape index (κ2) is 8.29. The van der Waals surface area contributed by atoms with Gasteiger partial charge in [0.1, 0.15) is 5.60 Å². The van der Waals surface area contributed by atoms with E-state index in [2.05, 4.69) is 11.8 Å². The smallest absolute Gasteiger partial charge is 0.410 e. The maximum Gasteiger partial charge on any atom is 0.410 e. The minimum absolute atomic E-state index is 0.237. The average Bonchev–Trinajstić information content (AvgIpc) is 2.95. The lowest BCUT2D eigenvalue weighted by molar-refractivity contribution is 0.0204. The molecule has 0 unspecified atom stereocenters. The van der Waals surface area contributed by atoms with Gasteiger partial charge in [0.15, 0.2) is 0 Å². The minimum Gasteiger partial charge on any atom is -0.465 e. The number of carbonyl (C=O) groups excluding carboxylic acids is 2. The summed E-state index contributed by atoms with van der Waals surface area (Å²) in [5, 5.41) is 2.98. The van der Waals surface area contributed by atoms with Gasteiger partial charge in [-0.3, -0.25) is 0 Å². The summed E-state index contributed by atoms with van der Waals surface area (Å²) in [6.07, 6.45) is 1.54. The Hall–Kier alpha value is -1.76. The van der Waals surface area contributed by atoms with Crippen LogP contribution in [0.4, 0.5) is 9.80 Å². The van der Waals surface area contributed by atoms with Gasteiger partial charge in [-0.15, -0.1) is 11.3 Å². The lowest BCUT2D eigenvalue weighted by atomic mass is 10.0. The molecule has 0 N–H and O–H groups in total. The monoisotopic (exact) mass is 382 g/mol. The molecule has 1 fully saturated rings. The second-order valence-corrected chi connectivity index (χ2v) is 8.41. The summed E-state index contributed by atoms with van der Waals surface area (Å²) < 4.78 is 10.3. The Kier molecular flexibility index (Phi) is 6.55. The van der Waals surface area contributed by atoms with Crippen LogP contribution in [0.5, 0.6) is 0 Å². The predicted molar refractivity (Wildman–Crippen MR) is 104 cm³/mol. The molecule has 2 heterocycles. The maximum absolute atomic E-state index is 12.2. The number of likely N-dealkylation sites (tertiary alicyclic amines) is 1. The summed E-state index contributed by atoms with van der Waals surface area (Å²) in [5.41, 5.74) is 1.14. The molecular weight excluding hydrogens is 352 g/mol. The van der Waals surface area contributed by atoms with Gasteiger partial charge in [-0.05, 0) is 53.0 Å². The number of piperidine rings is 1. The first-order valence-electron chi connectivity index (χ1n) is 9.09. The van der Waals surface area contributed by atoms with Crippen LogP contribution in [0.3, 0.4) is 0 Å². The lowest BCUT2D eigenvalue weighted by Crippen LogP contribution is -2.48. The third kappa shape index (κ3) is 4.69. The van der Waals surface area contributed by atoms with Gasteiger partial charge in [0.2, 0.25) is 0 Å². The van der Waals surface area contributed by atoms with E-state index in [4.69, 9.17) is 9.47 Å². The van der Waals surface area contributed by atoms with Crippen LogP contribution in [0.2, 0.25) is 0 Å². The lowest BCUT2D eigenvalue weighted by Gasteiger charge is -2.39. The van der Waals surface area contributed by atoms with Crippen LogP contribution < -0.4 is 4.90 Å². The number of ether oxygens (including phenoxy) is 2. The van der Waals surface area contributed by atoms with Crippen molar-refractivity contribution in [3.8, 4) is 0 Å². The van der Waals surface area contributed by atoms with Crippen LogP contribution in [0.15, 0.2) is 5.38 Å². The average molecular weight is 383 g/mol. The molecule has 0 bridgehead atoms. The number of carbonyl (C=O) groups is 2. The Labute approximate surface area is 160 Å². The van der Waals surface area contributed by atoms with Crippen molar-refractivity contribution in [1.82, 2.24) is 4.90 Å². The molecule has 1 aliphatic rings. The molecule has 0 radical (unpaired) electrons. The molecule has 1 aromatic heterocycles. The number of nitrogens with zero attached hydrogens (tertiary/aromatic N) is 2. The normalized spacial score (nSPS) is 15.7. The van der Waals surface area contributed by atoms with Crippen LogP contribution in [-0.2, 0) is 9.47 Å². The minimum atomic E-state index is -0.470. The maximum atomic E-state index is 12.2. The van der Waals surface area contributed by atoms with Crippen LogP contribution in [0.1, 0.15) is 56.5 Å². The Bertz CT molecular complexity index is 642. The molecule has 0 atom stereocenters. The molecule has 0 saturated carbocycles. The molecule has 1 saturated heterocycles. The van der Waals surface area contributed by atoms with Gasteiger partial charge in [0.05, 0.1) is 17.7 Å². The molecule has 7 heteroatoms. The largest absolute Gasteiger partial charge is 0.465 e. The van der Waals surface area contributed by atoms with E-state index in [9.17, 15) is 9.59 Å². The molecule has 1 aromatic rings. The highest BCUT2D eigenvalue weighted by atomic mass is 32.1. The summed E-state index contributed by atoms with van der Waals surface area (Å²) in [6.45, 7) is 12.0. The highest BCUT2D eigenvalue weighted by molar-refractivity contribution is 7.14. The summed E-state index contributed by atoms with van der Waals surface area (Å²) in [6, 6.07) is 0.349. The van der Waals surface area contributed by atoms with E-state index in [0.29, 0.717) is 24.7 Å². The van der Waals surface area contributed by atoms with Crippen molar-refractivity contribution in [2.45, 2.75) is 59.1 Å². The van der Waals surface area contributed by atoms with Crippen molar-refractivity contribution in [1.29, 1.82) is 0 Å². The zero-order valence-electron chi connectivity index (χ0n) is 16.6. The number of methoxy groups -OCH3 is 1. The molecule has 146 valence electrons. The van der Waals surface area contributed by atoms with Crippen molar-refractivity contribution in [3.63, 3.8) is 0 Å². The fourth-order valence-electron chi connectivity index (χ4n) is 3.26. The number of hydrogen-bond acceptors (Lipinski definition) is 6. The van der Waals surface area contributed by atoms with E-state index in [-0.39, 0.29) is 12.1 Å². The SMILES string of the molecule is CCN(c1scc(C(=O)OC)c1C)C1CCN(C(=O)OC(C)(C)C)CC1. The Morgan fingerprint density at radius 3 is 2.42 bits per heavy atom. The van der Waals surface area contributed by atoms with Gasteiger partial charge in [0.25, 0.3) is 0 Å². The first kappa shape index (κ1) is 20.6. The standard InChI is InChI=1S/C19H30N2O4S/c1-7-21(16-13(2)15(12-26-16)17(22)24-6)14-8-10-20(11-9-14)18(23)25-19(3,4)5/h12,14H,7-11H2,1-6H3. The van der Waals surface area contributed by atoms with Crippen molar-refractivity contribution in [2.75, 3.05) is 31.6 Å². The van der Waals surface area contributed by atoms with E-state index in [1.807, 2.05) is 33.1 Å². The van der Waals surface area contributed by atoms with Crippen molar-refractivity contribution >= 4 is 28.4 Å². The summed E-state index contributed by atoms with van der Waals surface area (Å²) in [7, 11) is 1.41. The fourth-order valence-corrected chi connectivity index (χ4v) is 4.46. The number of hydrogen-bond donors (Lipinski definition) is 0. The number of thiophene rings is 1. The fraction of sp³-hybridized carbons (Fsp3) is 0.684. The van der Waals surface area contributed by atoms with E-state index >= 15 is 0 Å². The summed E-state index contributed by atoms with van der Waals surface area (Å²) >= 11 is 1.58. The van der Waals surface area contributed by atoms with Crippen molar-refractivity contribution < 1.29 is 19.1 Å². The molecule has 1 aliphatic heterocycles. The van der Waals surface area contributed by atoms with Crippen LogP contribution in [0.25, 0.3) is 0 Å². The van der Waals surface area contributed by atoms with E-state index < -0.39 is 5.60 Å². The van der Waals surface area contributed by atoms with E-state index in [1.54, 1.807) is 16.2 Å². The first-order valence-corrected chi connectivity index (χ1v) is 9.96. The molecule has 0 spiro atoms.